The van der Waals surface area contributed by atoms with Gasteiger partial charge in [0.2, 0.25) is 11.8 Å². The molecule has 36 heavy (non-hydrogen) atoms. The van der Waals surface area contributed by atoms with Gasteiger partial charge in [0.05, 0.1) is 5.41 Å². The molecule has 2 fully saturated rings. The highest BCUT2D eigenvalue weighted by atomic mass is 35.5. The first-order chi connectivity index (χ1) is 16.6. The summed E-state index contributed by atoms with van der Waals surface area (Å²) < 4.78 is 28.4. The van der Waals surface area contributed by atoms with Crippen LogP contribution in [0, 0.1) is 17.6 Å². The molecule has 4 rings (SSSR count). The summed E-state index contributed by atoms with van der Waals surface area (Å²) in [6, 6.07) is 12.8. The number of nitrogens with zero attached hydrogens (tertiary/aromatic N) is 1. The fraction of sp³-hybridized carbons (Fsp3) is 0.500. The number of nitrogens with one attached hydrogen (secondary N) is 2. The molecule has 0 unspecified atom stereocenters. The molecule has 0 aromatic heterocycles. The smallest absolute Gasteiger partial charge is 0.231 e. The Kier molecular flexibility index (Phi) is 8.78. The number of amides is 2. The normalized spacial score (nSPS) is 21.9. The van der Waals surface area contributed by atoms with Crippen LogP contribution >= 0.6 is 12.4 Å². The SMILES string of the molecule is CC(C)(C)NC(=O)C1(c2ccccc2F)CCN(C(=O)[C@@H]2CCNC[C@H]2c2ccc(F)cc2)CC1.Cl. The van der Waals surface area contributed by atoms with Crippen LogP contribution < -0.4 is 10.6 Å². The summed E-state index contributed by atoms with van der Waals surface area (Å²) in [4.78, 5) is 29.0. The minimum Gasteiger partial charge on any atom is -0.351 e. The van der Waals surface area contributed by atoms with Crippen LogP contribution in [0.2, 0.25) is 0 Å². The molecule has 2 heterocycles. The first kappa shape index (κ1) is 28.1. The van der Waals surface area contributed by atoms with Gasteiger partial charge < -0.3 is 15.5 Å². The maximum atomic E-state index is 14.9. The first-order valence-electron chi connectivity index (χ1n) is 12.4. The second-order valence-electron chi connectivity index (χ2n) is 10.8. The average molecular weight is 520 g/mol. The molecule has 0 radical (unpaired) electrons. The summed E-state index contributed by atoms with van der Waals surface area (Å²) in [7, 11) is 0. The summed E-state index contributed by atoms with van der Waals surface area (Å²) >= 11 is 0. The van der Waals surface area contributed by atoms with Gasteiger partial charge in [-0.2, -0.15) is 0 Å². The van der Waals surface area contributed by atoms with Gasteiger partial charge in [-0.1, -0.05) is 30.3 Å². The number of carbonyl (C=O) groups excluding carboxylic acids is 2. The second-order valence-corrected chi connectivity index (χ2v) is 10.8. The molecule has 0 saturated carbocycles. The number of hydrogen-bond acceptors (Lipinski definition) is 3. The molecule has 2 aromatic rings. The van der Waals surface area contributed by atoms with Gasteiger partial charge in [0.25, 0.3) is 0 Å². The van der Waals surface area contributed by atoms with E-state index in [-0.39, 0.29) is 41.9 Å². The van der Waals surface area contributed by atoms with Crippen molar-refractivity contribution in [3.8, 4) is 0 Å². The third-order valence-corrected chi connectivity index (χ3v) is 7.34. The molecule has 2 atom stereocenters. The molecule has 2 aliphatic rings. The molecule has 2 saturated heterocycles. The standard InChI is InChI=1S/C28H35F2N3O2.ClH/c1-27(2,3)32-26(35)28(23-6-4-5-7-24(23)30)13-16-33(17-14-28)25(34)21-12-15-31-18-22(21)19-8-10-20(29)11-9-19;/h4-11,21-22,31H,12-18H2,1-3H3,(H,32,35);1H/t21-,22+;/m1./s1. The van der Waals surface area contributed by atoms with E-state index in [1.807, 2.05) is 25.7 Å². The molecular formula is C28H36ClF2N3O2. The van der Waals surface area contributed by atoms with Gasteiger partial charge in [0.15, 0.2) is 0 Å². The zero-order chi connectivity index (χ0) is 25.2. The van der Waals surface area contributed by atoms with Crippen LogP contribution in [0.5, 0.6) is 0 Å². The van der Waals surface area contributed by atoms with E-state index in [1.165, 1.54) is 18.2 Å². The number of rotatable bonds is 4. The fourth-order valence-corrected chi connectivity index (χ4v) is 5.49. The Bertz CT molecular complexity index is 1060. The summed E-state index contributed by atoms with van der Waals surface area (Å²) in [5.41, 5.74) is -0.154. The maximum absolute atomic E-state index is 14.9. The Hall–Kier alpha value is -2.51. The molecule has 5 nitrogen and oxygen atoms in total. The van der Waals surface area contributed by atoms with Crippen molar-refractivity contribution in [2.75, 3.05) is 26.2 Å². The van der Waals surface area contributed by atoms with E-state index in [0.29, 0.717) is 44.5 Å². The van der Waals surface area contributed by atoms with Crippen LogP contribution in [-0.2, 0) is 15.0 Å². The monoisotopic (exact) mass is 519 g/mol. The van der Waals surface area contributed by atoms with Gasteiger partial charge in [-0.3, -0.25) is 9.59 Å². The second kappa shape index (κ2) is 11.3. The zero-order valence-corrected chi connectivity index (χ0v) is 22.0. The van der Waals surface area contributed by atoms with Crippen LogP contribution in [0.15, 0.2) is 48.5 Å². The van der Waals surface area contributed by atoms with E-state index in [4.69, 9.17) is 0 Å². The Morgan fingerprint density at radius 2 is 1.67 bits per heavy atom. The number of halogens is 3. The molecule has 0 spiro atoms. The molecule has 0 aliphatic carbocycles. The van der Waals surface area contributed by atoms with E-state index < -0.39 is 16.8 Å². The average Bonchev–Trinajstić information content (AvgIpc) is 2.83. The molecule has 2 aromatic carbocycles. The highest BCUT2D eigenvalue weighted by Crippen LogP contribution is 2.39. The van der Waals surface area contributed by atoms with Crippen molar-refractivity contribution in [2.45, 2.75) is 56.9 Å². The minimum absolute atomic E-state index is 0. The molecule has 2 aliphatic heterocycles. The van der Waals surface area contributed by atoms with Crippen LogP contribution in [0.25, 0.3) is 0 Å². The molecular weight excluding hydrogens is 484 g/mol. The van der Waals surface area contributed by atoms with Gasteiger partial charge >= 0.3 is 0 Å². The van der Waals surface area contributed by atoms with Crippen LogP contribution in [0.4, 0.5) is 8.78 Å². The Labute approximate surface area is 218 Å². The van der Waals surface area contributed by atoms with E-state index >= 15 is 0 Å². The van der Waals surface area contributed by atoms with E-state index in [9.17, 15) is 18.4 Å². The molecule has 2 N–H and O–H groups in total. The van der Waals surface area contributed by atoms with Crippen molar-refractivity contribution in [1.82, 2.24) is 15.5 Å². The summed E-state index contributed by atoms with van der Waals surface area (Å²) in [6.45, 7) is 7.88. The Balaban J connectivity index is 0.00000361. The largest absolute Gasteiger partial charge is 0.351 e. The third kappa shape index (κ3) is 5.89. The minimum atomic E-state index is -1.03. The predicted octanol–water partition coefficient (Wildman–Crippen LogP) is 4.55. The topological polar surface area (TPSA) is 61.4 Å². The lowest BCUT2D eigenvalue weighted by Gasteiger charge is -2.44. The molecule has 8 heteroatoms. The number of hydrogen-bond donors (Lipinski definition) is 2. The van der Waals surface area contributed by atoms with Gasteiger partial charge in [0, 0.05) is 42.6 Å². The van der Waals surface area contributed by atoms with Crippen LogP contribution in [0.1, 0.15) is 57.1 Å². The Morgan fingerprint density at radius 1 is 1.03 bits per heavy atom. The predicted molar refractivity (Wildman–Crippen MR) is 139 cm³/mol. The third-order valence-electron chi connectivity index (χ3n) is 7.34. The lowest BCUT2D eigenvalue weighted by atomic mass is 9.71. The highest BCUT2D eigenvalue weighted by molar-refractivity contribution is 5.89. The molecule has 0 bridgehead atoms. The van der Waals surface area contributed by atoms with Crippen molar-refractivity contribution in [2.24, 2.45) is 5.92 Å². The van der Waals surface area contributed by atoms with Gasteiger partial charge in [0.1, 0.15) is 11.6 Å². The van der Waals surface area contributed by atoms with Crippen molar-refractivity contribution in [1.29, 1.82) is 0 Å². The number of piperidine rings is 2. The summed E-state index contributed by atoms with van der Waals surface area (Å²) in [6.07, 6.45) is 1.40. The van der Waals surface area contributed by atoms with E-state index in [0.717, 1.165) is 12.1 Å². The number of carbonyl (C=O) groups is 2. The van der Waals surface area contributed by atoms with E-state index in [1.54, 1.807) is 30.3 Å². The fourth-order valence-electron chi connectivity index (χ4n) is 5.49. The lowest BCUT2D eigenvalue weighted by Crippen LogP contribution is -2.57. The zero-order valence-electron chi connectivity index (χ0n) is 21.2. The highest BCUT2D eigenvalue weighted by Gasteiger charge is 2.47. The van der Waals surface area contributed by atoms with Crippen LogP contribution in [0.3, 0.4) is 0 Å². The quantitative estimate of drug-likeness (QED) is 0.623. The Morgan fingerprint density at radius 3 is 2.28 bits per heavy atom. The van der Waals surface area contributed by atoms with Gasteiger partial charge in [-0.15, -0.1) is 12.4 Å². The molecule has 196 valence electrons. The van der Waals surface area contributed by atoms with Gasteiger partial charge in [-0.25, -0.2) is 8.78 Å². The van der Waals surface area contributed by atoms with E-state index in [2.05, 4.69) is 10.6 Å². The summed E-state index contributed by atoms with van der Waals surface area (Å²) in [5, 5.41) is 6.40. The van der Waals surface area contributed by atoms with Gasteiger partial charge in [-0.05, 0) is 70.3 Å². The first-order valence-corrected chi connectivity index (χ1v) is 12.4. The lowest BCUT2D eigenvalue weighted by molar-refractivity contribution is -0.141. The number of likely N-dealkylation sites (tertiary alicyclic amines) is 1. The molecule has 2 amide bonds. The van der Waals surface area contributed by atoms with Crippen molar-refractivity contribution < 1.29 is 18.4 Å². The van der Waals surface area contributed by atoms with Crippen LogP contribution in [-0.4, -0.2) is 48.4 Å². The van der Waals surface area contributed by atoms with Crippen molar-refractivity contribution in [3.63, 3.8) is 0 Å². The van der Waals surface area contributed by atoms with Crippen molar-refractivity contribution in [3.05, 3.63) is 71.3 Å². The summed E-state index contributed by atoms with van der Waals surface area (Å²) in [5.74, 6) is -1.10. The van der Waals surface area contributed by atoms with Crippen molar-refractivity contribution >= 4 is 24.2 Å². The number of benzene rings is 2. The maximum Gasteiger partial charge on any atom is 0.231 e.